The third kappa shape index (κ3) is 1.61. The van der Waals surface area contributed by atoms with Gasteiger partial charge >= 0.3 is 0 Å². The van der Waals surface area contributed by atoms with E-state index < -0.39 is 0 Å². The molecule has 1 heterocycles. The molecular weight excluding hydrogens is 177 g/mol. The lowest BCUT2D eigenvalue weighted by Crippen LogP contribution is -2.37. The normalized spacial score (nSPS) is 15.9. The van der Waals surface area contributed by atoms with E-state index in [1.54, 1.807) is 6.07 Å². The number of hydrogen-bond donors (Lipinski definition) is 0. The van der Waals surface area contributed by atoms with Crippen molar-refractivity contribution in [2.24, 2.45) is 0 Å². The lowest BCUT2D eigenvalue weighted by Gasteiger charge is -2.33. The Morgan fingerprint density at radius 3 is 2.50 bits per heavy atom. The van der Waals surface area contributed by atoms with Crippen molar-refractivity contribution in [3.05, 3.63) is 29.6 Å². The fourth-order valence-electron chi connectivity index (χ4n) is 1.69. The van der Waals surface area contributed by atoms with Gasteiger partial charge in [-0.1, -0.05) is 19.9 Å². The average Bonchev–Trinajstić information content (AvgIpc) is 2.05. The molecule has 1 aromatic rings. The molecule has 0 N–H and O–H groups in total. The molecule has 1 nitrogen and oxygen atoms in total. The van der Waals surface area contributed by atoms with Gasteiger partial charge in [-0.3, -0.25) is 0 Å². The molecule has 76 valence electrons. The highest BCUT2D eigenvalue weighted by Gasteiger charge is 2.18. The quantitative estimate of drug-likeness (QED) is 0.697. The molecule has 0 aliphatic carbocycles. The standard InChI is InChI=1S/C12H16FN/c1-9(2)10-4-5-11(13)12(8-10)14-6-3-7-14/h4-5,8-9H,3,6-7H2,1-2H3. The van der Waals surface area contributed by atoms with Crippen molar-refractivity contribution in [1.29, 1.82) is 0 Å². The van der Waals surface area contributed by atoms with Crippen molar-refractivity contribution in [3.63, 3.8) is 0 Å². The van der Waals surface area contributed by atoms with E-state index in [2.05, 4.69) is 18.7 Å². The van der Waals surface area contributed by atoms with Crippen LogP contribution in [0.4, 0.5) is 10.1 Å². The molecular formula is C12H16FN. The Balaban J connectivity index is 2.31. The van der Waals surface area contributed by atoms with Crippen LogP contribution in [0.15, 0.2) is 18.2 Å². The fourth-order valence-corrected chi connectivity index (χ4v) is 1.69. The average molecular weight is 193 g/mol. The molecule has 0 aromatic heterocycles. The zero-order valence-corrected chi connectivity index (χ0v) is 8.76. The highest BCUT2D eigenvalue weighted by Crippen LogP contribution is 2.27. The highest BCUT2D eigenvalue weighted by molar-refractivity contribution is 5.52. The molecule has 0 bridgehead atoms. The molecule has 0 amide bonds. The molecule has 1 aliphatic heterocycles. The van der Waals surface area contributed by atoms with Crippen LogP contribution in [-0.4, -0.2) is 13.1 Å². The molecule has 1 saturated heterocycles. The smallest absolute Gasteiger partial charge is 0.146 e. The summed E-state index contributed by atoms with van der Waals surface area (Å²) in [6.07, 6.45) is 1.19. The second-order valence-electron chi connectivity index (χ2n) is 4.21. The van der Waals surface area contributed by atoms with Gasteiger partial charge in [0.1, 0.15) is 5.82 Å². The maximum atomic E-state index is 13.5. The summed E-state index contributed by atoms with van der Waals surface area (Å²) in [7, 11) is 0. The molecule has 2 heteroatoms. The number of anilines is 1. The second kappa shape index (κ2) is 3.60. The van der Waals surface area contributed by atoms with Crippen molar-refractivity contribution in [2.75, 3.05) is 18.0 Å². The SMILES string of the molecule is CC(C)c1ccc(F)c(N2CCC2)c1. The molecule has 0 saturated carbocycles. The van der Waals surface area contributed by atoms with Gasteiger partial charge in [-0.2, -0.15) is 0 Å². The van der Waals surface area contributed by atoms with E-state index in [0.717, 1.165) is 18.8 Å². The van der Waals surface area contributed by atoms with E-state index in [9.17, 15) is 4.39 Å². The summed E-state index contributed by atoms with van der Waals surface area (Å²) in [5.74, 6) is 0.379. The van der Waals surface area contributed by atoms with E-state index in [-0.39, 0.29) is 5.82 Å². The minimum Gasteiger partial charge on any atom is -0.369 e. The van der Waals surface area contributed by atoms with Gasteiger partial charge in [-0.25, -0.2) is 4.39 Å². The van der Waals surface area contributed by atoms with Crippen molar-refractivity contribution < 1.29 is 4.39 Å². The summed E-state index contributed by atoms with van der Waals surface area (Å²) < 4.78 is 13.5. The van der Waals surface area contributed by atoms with Gasteiger partial charge < -0.3 is 4.90 Å². The molecule has 1 fully saturated rings. The third-order valence-corrected chi connectivity index (χ3v) is 2.83. The van der Waals surface area contributed by atoms with Gasteiger partial charge in [-0.05, 0) is 30.0 Å². The van der Waals surface area contributed by atoms with Crippen LogP contribution in [0, 0.1) is 5.82 Å². The van der Waals surface area contributed by atoms with Crippen LogP contribution in [-0.2, 0) is 0 Å². The van der Waals surface area contributed by atoms with Crippen LogP contribution < -0.4 is 4.90 Å². The first kappa shape index (κ1) is 9.50. The Morgan fingerprint density at radius 1 is 1.29 bits per heavy atom. The zero-order chi connectivity index (χ0) is 10.1. The number of halogens is 1. The van der Waals surface area contributed by atoms with Crippen LogP contribution in [0.2, 0.25) is 0 Å². The molecule has 1 aromatic carbocycles. The highest BCUT2D eigenvalue weighted by atomic mass is 19.1. The first-order valence-electron chi connectivity index (χ1n) is 5.23. The first-order chi connectivity index (χ1) is 6.68. The van der Waals surface area contributed by atoms with Gasteiger partial charge in [0.15, 0.2) is 0 Å². The number of rotatable bonds is 2. The maximum Gasteiger partial charge on any atom is 0.146 e. The van der Waals surface area contributed by atoms with E-state index >= 15 is 0 Å². The van der Waals surface area contributed by atoms with Gasteiger partial charge in [0, 0.05) is 13.1 Å². The van der Waals surface area contributed by atoms with Crippen molar-refractivity contribution in [1.82, 2.24) is 0 Å². The molecule has 0 atom stereocenters. The Labute approximate surface area is 84.5 Å². The maximum absolute atomic E-state index is 13.5. The molecule has 14 heavy (non-hydrogen) atoms. The van der Waals surface area contributed by atoms with E-state index in [0.29, 0.717) is 5.92 Å². The monoisotopic (exact) mass is 193 g/mol. The predicted octanol–water partition coefficient (Wildman–Crippen LogP) is 3.16. The van der Waals surface area contributed by atoms with Crippen LogP contribution >= 0.6 is 0 Å². The molecule has 0 spiro atoms. The summed E-state index contributed by atoms with van der Waals surface area (Å²) in [6.45, 7) is 6.26. The van der Waals surface area contributed by atoms with Crippen LogP contribution in [0.3, 0.4) is 0 Å². The zero-order valence-electron chi connectivity index (χ0n) is 8.76. The minimum atomic E-state index is -0.0888. The Morgan fingerprint density at radius 2 is 2.00 bits per heavy atom. The summed E-state index contributed by atoms with van der Waals surface area (Å²) in [6, 6.07) is 5.45. The summed E-state index contributed by atoms with van der Waals surface area (Å²) in [4.78, 5) is 2.10. The van der Waals surface area contributed by atoms with Gasteiger partial charge in [-0.15, -0.1) is 0 Å². The van der Waals surface area contributed by atoms with Gasteiger partial charge in [0.05, 0.1) is 5.69 Å². The van der Waals surface area contributed by atoms with Crippen molar-refractivity contribution >= 4 is 5.69 Å². The van der Waals surface area contributed by atoms with Crippen molar-refractivity contribution in [3.8, 4) is 0 Å². The summed E-state index contributed by atoms with van der Waals surface area (Å²) in [5.41, 5.74) is 2.00. The number of hydrogen-bond acceptors (Lipinski definition) is 1. The van der Waals surface area contributed by atoms with Crippen LogP contribution in [0.25, 0.3) is 0 Å². The second-order valence-corrected chi connectivity index (χ2v) is 4.21. The van der Waals surface area contributed by atoms with Crippen molar-refractivity contribution in [2.45, 2.75) is 26.2 Å². The summed E-state index contributed by atoms with van der Waals surface area (Å²) >= 11 is 0. The van der Waals surface area contributed by atoms with E-state index in [4.69, 9.17) is 0 Å². The largest absolute Gasteiger partial charge is 0.369 e. The van der Waals surface area contributed by atoms with Crippen LogP contribution in [0.5, 0.6) is 0 Å². The molecule has 0 radical (unpaired) electrons. The van der Waals surface area contributed by atoms with Gasteiger partial charge in [0.2, 0.25) is 0 Å². The Hall–Kier alpha value is -1.05. The molecule has 1 aliphatic rings. The Bertz CT molecular complexity index is 329. The molecule has 0 unspecified atom stereocenters. The van der Waals surface area contributed by atoms with Crippen LogP contribution in [0.1, 0.15) is 31.7 Å². The van der Waals surface area contributed by atoms with E-state index in [1.807, 2.05) is 12.1 Å². The molecule has 2 rings (SSSR count). The minimum absolute atomic E-state index is 0.0888. The number of benzene rings is 1. The number of nitrogens with zero attached hydrogens (tertiary/aromatic N) is 1. The topological polar surface area (TPSA) is 3.24 Å². The predicted molar refractivity (Wildman–Crippen MR) is 57.3 cm³/mol. The Kier molecular flexibility index (Phi) is 2.44. The lowest BCUT2D eigenvalue weighted by atomic mass is 10.0. The lowest BCUT2D eigenvalue weighted by molar-refractivity contribution is 0.572. The fraction of sp³-hybridized carbons (Fsp3) is 0.500. The summed E-state index contributed by atoms with van der Waals surface area (Å²) in [5, 5.41) is 0. The third-order valence-electron chi connectivity index (χ3n) is 2.83. The van der Waals surface area contributed by atoms with E-state index in [1.165, 1.54) is 12.0 Å². The first-order valence-corrected chi connectivity index (χ1v) is 5.23. The van der Waals surface area contributed by atoms with Gasteiger partial charge in [0.25, 0.3) is 0 Å².